The SMILES string of the molecule is COc1ccc([C@H]2Oc3ccccc3C3=C2[C@@H](c2ccc(F)cc2)n2ncnc2N3)cc1. The second-order valence-electron chi connectivity index (χ2n) is 7.70. The summed E-state index contributed by atoms with van der Waals surface area (Å²) in [6.45, 7) is 0. The smallest absolute Gasteiger partial charge is 0.226 e. The van der Waals surface area contributed by atoms with E-state index in [0.29, 0.717) is 5.95 Å². The van der Waals surface area contributed by atoms with E-state index in [-0.39, 0.29) is 18.0 Å². The highest BCUT2D eigenvalue weighted by atomic mass is 19.1. The fraction of sp³-hybridized carbons (Fsp3) is 0.120. The molecule has 0 amide bonds. The molecule has 2 aliphatic rings. The Morgan fingerprint density at radius 3 is 2.50 bits per heavy atom. The quantitative estimate of drug-likeness (QED) is 0.500. The number of anilines is 1. The van der Waals surface area contributed by atoms with Crippen molar-refractivity contribution < 1.29 is 13.9 Å². The molecule has 0 fully saturated rings. The van der Waals surface area contributed by atoms with Crippen LogP contribution >= 0.6 is 0 Å². The number of ether oxygens (including phenoxy) is 2. The van der Waals surface area contributed by atoms with E-state index in [0.717, 1.165) is 39.5 Å². The van der Waals surface area contributed by atoms with Crippen molar-refractivity contribution in [3.05, 3.63) is 107 Å². The molecule has 2 aliphatic heterocycles. The Morgan fingerprint density at radius 2 is 1.72 bits per heavy atom. The molecule has 1 N–H and O–H groups in total. The Balaban J connectivity index is 1.60. The summed E-state index contributed by atoms with van der Waals surface area (Å²) in [6, 6.07) is 22.0. The van der Waals surface area contributed by atoms with Crippen LogP contribution in [-0.2, 0) is 0 Å². The van der Waals surface area contributed by atoms with Gasteiger partial charge in [-0.05, 0) is 47.5 Å². The van der Waals surface area contributed by atoms with Crippen molar-refractivity contribution in [1.82, 2.24) is 14.8 Å². The number of hydrogen-bond acceptors (Lipinski definition) is 5. The lowest BCUT2D eigenvalue weighted by molar-refractivity contribution is 0.223. The lowest BCUT2D eigenvalue weighted by atomic mass is 9.84. The Bertz CT molecular complexity index is 1330. The van der Waals surface area contributed by atoms with Crippen LogP contribution in [0.15, 0.2) is 84.7 Å². The number of halogens is 1. The van der Waals surface area contributed by atoms with E-state index in [2.05, 4.69) is 15.4 Å². The fourth-order valence-corrected chi connectivity index (χ4v) is 4.44. The Hall–Kier alpha value is -4.13. The Kier molecular flexibility index (Phi) is 4.21. The summed E-state index contributed by atoms with van der Waals surface area (Å²) < 4.78 is 27.4. The highest BCUT2D eigenvalue weighted by Gasteiger charge is 2.40. The van der Waals surface area contributed by atoms with E-state index in [4.69, 9.17) is 9.47 Å². The molecule has 0 aliphatic carbocycles. The molecule has 4 aromatic rings. The number of aromatic nitrogens is 3. The van der Waals surface area contributed by atoms with Crippen LogP contribution in [0.25, 0.3) is 5.70 Å². The first-order valence-corrected chi connectivity index (χ1v) is 10.3. The molecule has 2 atom stereocenters. The van der Waals surface area contributed by atoms with Gasteiger partial charge >= 0.3 is 0 Å². The van der Waals surface area contributed by atoms with Gasteiger partial charge < -0.3 is 14.8 Å². The Morgan fingerprint density at radius 1 is 0.969 bits per heavy atom. The molecule has 0 radical (unpaired) electrons. The molecule has 3 heterocycles. The van der Waals surface area contributed by atoms with Gasteiger partial charge in [-0.25, -0.2) is 9.07 Å². The van der Waals surface area contributed by atoms with Crippen molar-refractivity contribution in [3.8, 4) is 11.5 Å². The predicted octanol–water partition coefficient (Wildman–Crippen LogP) is 4.99. The number of benzene rings is 3. The number of rotatable bonds is 3. The third kappa shape index (κ3) is 2.85. The molecule has 0 saturated heterocycles. The normalized spacial score (nSPS) is 18.7. The number of methoxy groups -OCH3 is 1. The standard InChI is InChI=1S/C25H19FN4O2/c1-31-18-12-8-16(9-13-18)24-21-22(19-4-2-3-5-20(19)32-24)29-25-27-14-28-30(25)23(21)15-6-10-17(26)11-7-15/h2-14,23-24H,1H3,(H,27,28,29)/t23-,24-/m1/s1. The monoisotopic (exact) mass is 426 g/mol. The molecule has 3 aromatic carbocycles. The third-order valence-corrected chi connectivity index (χ3v) is 5.93. The van der Waals surface area contributed by atoms with Gasteiger partial charge in [0.15, 0.2) is 0 Å². The highest BCUT2D eigenvalue weighted by Crippen LogP contribution is 2.50. The van der Waals surface area contributed by atoms with Crippen molar-refractivity contribution in [2.24, 2.45) is 0 Å². The van der Waals surface area contributed by atoms with Gasteiger partial charge in [-0.3, -0.25) is 0 Å². The molecule has 32 heavy (non-hydrogen) atoms. The zero-order valence-electron chi connectivity index (χ0n) is 17.2. The van der Waals surface area contributed by atoms with Crippen LogP contribution in [0.3, 0.4) is 0 Å². The summed E-state index contributed by atoms with van der Waals surface area (Å²) in [5, 5.41) is 7.94. The number of para-hydroxylation sites is 1. The van der Waals surface area contributed by atoms with Crippen molar-refractivity contribution >= 4 is 11.6 Å². The van der Waals surface area contributed by atoms with Crippen molar-refractivity contribution in [2.75, 3.05) is 12.4 Å². The first kappa shape index (κ1) is 18.6. The zero-order valence-corrected chi connectivity index (χ0v) is 17.2. The molecule has 6 nitrogen and oxygen atoms in total. The largest absolute Gasteiger partial charge is 0.497 e. The van der Waals surface area contributed by atoms with E-state index in [1.807, 2.05) is 53.2 Å². The molecular weight excluding hydrogens is 407 g/mol. The summed E-state index contributed by atoms with van der Waals surface area (Å²) >= 11 is 0. The second-order valence-corrected chi connectivity index (χ2v) is 7.70. The summed E-state index contributed by atoms with van der Waals surface area (Å²) in [7, 11) is 1.64. The molecule has 0 saturated carbocycles. The highest BCUT2D eigenvalue weighted by molar-refractivity contribution is 5.85. The zero-order chi connectivity index (χ0) is 21.7. The minimum absolute atomic E-state index is 0.285. The van der Waals surface area contributed by atoms with Gasteiger partial charge in [0.25, 0.3) is 0 Å². The molecule has 6 rings (SSSR count). The van der Waals surface area contributed by atoms with E-state index < -0.39 is 0 Å². The molecule has 0 bridgehead atoms. The molecular formula is C25H19FN4O2. The summed E-state index contributed by atoms with van der Waals surface area (Å²) in [6.07, 6.45) is 1.14. The number of fused-ring (bicyclic) bond motifs is 3. The third-order valence-electron chi connectivity index (χ3n) is 5.93. The van der Waals surface area contributed by atoms with Gasteiger partial charge in [0.2, 0.25) is 5.95 Å². The van der Waals surface area contributed by atoms with E-state index in [9.17, 15) is 4.39 Å². The minimum atomic E-state index is -0.384. The first-order chi connectivity index (χ1) is 15.7. The Labute approximate surface area is 183 Å². The average molecular weight is 426 g/mol. The number of nitrogens with one attached hydrogen (secondary N) is 1. The summed E-state index contributed by atoms with van der Waals surface area (Å²) in [5.41, 5.74) is 4.74. The fourth-order valence-electron chi connectivity index (χ4n) is 4.44. The van der Waals surface area contributed by atoms with Gasteiger partial charge in [0.05, 0.1) is 12.8 Å². The van der Waals surface area contributed by atoms with E-state index >= 15 is 0 Å². The van der Waals surface area contributed by atoms with Crippen molar-refractivity contribution in [1.29, 1.82) is 0 Å². The maximum atomic E-state index is 13.7. The van der Waals surface area contributed by atoms with E-state index in [1.165, 1.54) is 18.5 Å². The lowest BCUT2D eigenvalue weighted by Gasteiger charge is -2.39. The number of hydrogen-bond donors (Lipinski definition) is 1. The molecule has 7 heteroatoms. The molecule has 158 valence electrons. The van der Waals surface area contributed by atoms with Gasteiger partial charge in [-0.2, -0.15) is 10.1 Å². The predicted molar refractivity (Wildman–Crippen MR) is 118 cm³/mol. The topological polar surface area (TPSA) is 61.2 Å². The lowest BCUT2D eigenvalue weighted by Crippen LogP contribution is -2.32. The number of nitrogens with zero attached hydrogens (tertiary/aromatic N) is 3. The summed E-state index contributed by atoms with van der Waals surface area (Å²) in [5.74, 6) is 1.90. The maximum absolute atomic E-state index is 13.7. The van der Waals surface area contributed by atoms with Crippen LogP contribution in [0.4, 0.5) is 10.3 Å². The van der Waals surface area contributed by atoms with Gasteiger partial charge in [-0.15, -0.1) is 0 Å². The average Bonchev–Trinajstić information content (AvgIpc) is 3.31. The second kappa shape index (κ2) is 7.23. The maximum Gasteiger partial charge on any atom is 0.226 e. The van der Waals surface area contributed by atoms with Crippen LogP contribution in [0.2, 0.25) is 0 Å². The van der Waals surface area contributed by atoms with Crippen LogP contribution in [0, 0.1) is 5.82 Å². The van der Waals surface area contributed by atoms with Crippen LogP contribution < -0.4 is 14.8 Å². The molecule has 0 spiro atoms. The van der Waals surface area contributed by atoms with Crippen molar-refractivity contribution in [2.45, 2.75) is 12.1 Å². The van der Waals surface area contributed by atoms with Crippen LogP contribution in [0.1, 0.15) is 28.8 Å². The molecule has 1 aromatic heterocycles. The van der Waals surface area contributed by atoms with E-state index in [1.54, 1.807) is 19.2 Å². The van der Waals surface area contributed by atoms with Crippen LogP contribution in [-0.4, -0.2) is 21.9 Å². The summed E-state index contributed by atoms with van der Waals surface area (Å²) in [4.78, 5) is 4.41. The van der Waals surface area contributed by atoms with Gasteiger partial charge in [-0.1, -0.05) is 36.4 Å². The van der Waals surface area contributed by atoms with Gasteiger partial charge in [0.1, 0.15) is 35.8 Å². The van der Waals surface area contributed by atoms with Crippen LogP contribution in [0.5, 0.6) is 11.5 Å². The molecule has 0 unspecified atom stereocenters. The first-order valence-electron chi connectivity index (χ1n) is 10.3. The van der Waals surface area contributed by atoms with Gasteiger partial charge in [0, 0.05) is 11.1 Å². The minimum Gasteiger partial charge on any atom is -0.497 e. The van der Waals surface area contributed by atoms with Crippen molar-refractivity contribution in [3.63, 3.8) is 0 Å².